The highest BCUT2D eigenvalue weighted by Crippen LogP contribution is 2.74. The highest BCUT2D eigenvalue weighted by atomic mass is 35.5. The largest absolute Gasteiger partial charge is 0.509 e. The summed E-state index contributed by atoms with van der Waals surface area (Å²) in [5.74, 6) is -1.81. The van der Waals surface area contributed by atoms with E-state index in [0.717, 1.165) is 5.57 Å². The normalized spacial score (nSPS) is 50.5. The summed E-state index contributed by atoms with van der Waals surface area (Å²) >= 11 is 6.87. The van der Waals surface area contributed by atoms with Gasteiger partial charge in [0.2, 0.25) is 0 Å². The molecule has 3 aliphatic heterocycles. The molecule has 3 heterocycles. The van der Waals surface area contributed by atoms with Crippen LogP contribution in [0.25, 0.3) is 0 Å². The molecule has 0 amide bonds. The maximum absolute atomic E-state index is 13.7. The predicted molar refractivity (Wildman–Crippen MR) is 112 cm³/mol. The quantitative estimate of drug-likeness (QED) is 0.226. The third-order valence-corrected chi connectivity index (χ3v) is 9.72. The van der Waals surface area contributed by atoms with Crippen molar-refractivity contribution in [1.29, 1.82) is 0 Å². The number of carbonyl (C=O) groups is 4. The van der Waals surface area contributed by atoms with Gasteiger partial charge in [-0.2, -0.15) is 0 Å². The zero-order valence-electron chi connectivity index (χ0n) is 18.5. The summed E-state index contributed by atoms with van der Waals surface area (Å²) in [4.78, 5) is 52.5. The minimum absolute atomic E-state index is 0.0125. The smallest absolute Gasteiger partial charge is 0.459 e. The lowest BCUT2D eigenvalue weighted by atomic mass is 9.35. The van der Waals surface area contributed by atoms with Gasteiger partial charge in [0.15, 0.2) is 12.4 Å². The second kappa shape index (κ2) is 7.04. The number of cyclic esters (lactones) is 2. The van der Waals surface area contributed by atoms with Gasteiger partial charge in [0.1, 0.15) is 24.6 Å². The minimum atomic E-state index is -1.24. The van der Waals surface area contributed by atoms with E-state index in [0.29, 0.717) is 38.5 Å². The molecule has 8 nitrogen and oxygen atoms in total. The number of halogens is 1. The molecule has 0 aromatic heterocycles. The SMILES string of the molecule is C[C@@]12CC/C=C3/COC(=O)OCC(=O)C45CCCC(=O)C4CC54C(=O)O[C@@H]([C@H]4C[C@@H]3Cl)[C@H]1O2. The summed E-state index contributed by atoms with van der Waals surface area (Å²) in [6.07, 6.45) is 3.51. The molecule has 6 aliphatic rings. The Balaban J connectivity index is 1.51. The Kier molecular flexibility index (Phi) is 4.61. The van der Waals surface area contributed by atoms with Crippen LogP contribution in [0.3, 0.4) is 0 Å². The molecule has 2 spiro atoms. The van der Waals surface area contributed by atoms with E-state index in [4.69, 9.17) is 30.5 Å². The van der Waals surface area contributed by atoms with Crippen LogP contribution < -0.4 is 0 Å². The number of hydrogen-bond acceptors (Lipinski definition) is 8. The van der Waals surface area contributed by atoms with Crippen LogP contribution in [-0.2, 0) is 33.3 Å². The van der Waals surface area contributed by atoms with Crippen molar-refractivity contribution < 1.29 is 38.1 Å². The van der Waals surface area contributed by atoms with E-state index in [9.17, 15) is 19.2 Å². The lowest BCUT2D eigenvalue weighted by Crippen LogP contribution is -2.71. The van der Waals surface area contributed by atoms with Gasteiger partial charge in [0.05, 0.1) is 21.8 Å². The van der Waals surface area contributed by atoms with Crippen molar-refractivity contribution >= 4 is 35.3 Å². The zero-order valence-corrected chi connectivity index (χ0v) is 19.2. The van der Waals surface area contributed by atoms with E-state index in [1.54, 1.807) is 0 Å². The molecule has 3 aliphatic carbocycles. The molecule has 8 atom stereocenters. The zero-order chi connectivity index (χ0) is 23.2. The first-order chi connectivity index (χ1) is 15.7. The van der Waals surface area contributed by atoms with Gasteiger partial charge in [-0.15, -0.1) is 11.6 Å². The van der Waals surface area contributed by atoms with Crippen LogP contribution in [0.4, 0.5) is 4.79 Å². The van der Waals surface area contributed by atoms with Gasteiger partial charge in [-0.3, -0.25) is 14.4 Å². The lowest BCUT2D eigenvalue weighted by molar-refractivity contribution is -0.204. The Bertz CT molecular complexity index is 991. The summed E-state index contributed by atoms with van der Waals surface area (Å²) in [5, 5.41) is -0.523. The average molecular weight is 479 g/mol. The number of ether oxygens (including phenoxy) is 4. The molecule has 0 N–H and O–H groups in total. The molecule has 6 rings (SSSR count). The van der Waals surface area contributed by atoms with Gasteiger partial charge in [-0.1, -0.05) is 6.08 Å². The molecule has 9 heteroatoms. The molecule has 5 fully saturated rings. The van der Waals surface area contributed by atoms with Crippen molar-refractivity contribution in [3.05, 3.63) is 11.6 Å². The average Bonchev–Trinajstić information content (AvgIpc) is 3.33. The van der Waals surface area contributed by atoms with E-state index in [2.05, 4.69) is 0 Å². The number of esters is 1. The fraction of sp³-hybridized carbons (Fsp3) is 0.750. The molecule has 33 heavy (non-hydrogen) atoms. The summed E-state index contributed by atoms with van der Waals surface area (Å²) in [6.45, 7) is 1.43. The third-order valence-electron chi connectivity index (χ3n) is 9.26. The fourth-order valence-corrected chi connectivity index (χ4v) is 7.89. The summed E-state index contributed by atoms with van der Waals surface area (Å²) < 4.78 is 22.5. The van der Waals surface area contributed by atoms with Crippen LogP contribution in [0.5, 0.6) is 0 Å². The number of ketones is 2. The number of alkyl halides is 1. The summed E-state index contributed by atoms with van der Waals surface area (Å²) in [7, 11) is 0. The highest BCUT2D eigenvalue weighted by Gasteiger charge is 2.82. The fourth-order valence-electron chi connectivity index (χ4n) is 7.55. The van der Waals surface area contributed by atoms with E-state index < -0.39 is 58.3 Å². The number of rotatable bonds is 0. The molecule has 2 bridgehead atoms. The van der Waals surface area contributed by atoms with Gasteiger partial charge >= 0.3 is 12.1 Å². The van der Waals surface area contributed by atoms with Crippen LogP contribution in [0, 0.1) is 22.7 Å². The molecule has 0 aromatic carbocycles. The first-order valence-corrected chi connectivity index (χ1v) is 12.2. The first-order valence-electron chi connectivity index (χ1n) is 11.8. The van der Waals surface area contributed by atoms with E-state index in [1.807, 2.05) is 13.0 Å². The van der Waals surface area contributed by atoms with Gasteiger partial charge in [0.25, 0.3) is 0 Å². The molecule has 0 aromatic rings. The van der Waals surface area contributed by atoms with Gasteiger partial charge in [-0.05, 0) is 51.0 Å². The van der Waals surface area contributed by atoms with Crippen molar-refractivity contribution in [2.75, 3.05) is 13.2 Å². The van der Waals surface area contributed by atoms with Crippen LogP contribution in [0.1, 0.15) is 51.9 Å². The predicted octanol–water partition coefficient (Wildman–Crippen LogP) is 2.88. The second-order valence-corrected chi connectivity index (χ2v) is 11.1. The maximum Gasteiger partial charge on any atom is 0.509 e. The monoisotopic (exact) mass is 478 g/mol. The molecule has 178 valence electrons. The minimum Gasteiger partial charge on any atom is -0.459 e. The third kappa shape index (κ3) is 2.74. The van der Waals surface area contributed by atoms with Crippen molar-refractivity contribution in [2.45, 2.75) is 75.1 Å². The van der Waals surface area contributed by atoms with Gasteiger partial charge < -0.3 is 18.9 Å². The van der Waals surface area contributed by atoms with Crippen LogP contribution in [-0.4, -0.2) is 60.1 Å². The van der Waals surface area contributed by atoms with E-state index in [-0.39, 0.29) is 30.8 Å². The van der Waals surface area contributed by atoms with Crippen LogP contribution >= 0.6 is 11.6 Å². The Morgan fingerprint density at radius 3 is 2.67 bits per heavy atom. The molecule has 3 unspecified atom stereocenters. The number of hydrogen-bond donors (Lipinski definition) is 0. The molecule has 3 saturated heterocycles. The Labute approximate surface area is 196 Å². The standard InChI is InChI=1S/C24H27ClO8/c1-22-6-2-4-12-10-30-21(29)31-11-17(27)23-7-3-5-16(26)14(23)9-24(23)13(8-15(12)25)18(19(22)33-22)32-20(24)28/h4,13-15,18-19H,2-3,5-11H2,1H3/b12-4-/t13-,14?,15+,18+,19-,22-,23?,24?/m1/s1. The second-order valence-electron chi connectivity index (χ2n) is 10.6. The number of epoxide rings is 1. The highest BCUT2D eigenvalue weighted by molar-refractivity contribution is 6.22. The number of Topliss-reactive ketones (excluding diaryl/α,β-unsaturated/α-hetero) is 2. The molecule has 0 radical (unpaired) electrons. The Hall–Kier alpha value is -1.93. The number of allylic oxidation sites excluding steroid dienone is 1. The van der Waals surface area contributed by atoms with Gasteiger partial charge in [0, 0.05) is 18.3 Å². The number of carbonyl (C=O) groups excluding carboxylic acids is 4. The van der Waals surface area contributed by atoms with Crippen molar-refractivity contribution in [1.82, 2.24) is 0 Å². The van der Waals surface area contributed by atoms with Crippen molar-refractivity contribution in [2.24, 2.45) is 22.7 Å². The van der Waals surface area contributed by atoms with E-state index >= 15 is 0 Å². The topological polar surface area (TPSA) is 109 Å². The summed E-state index contributed by atoms with van der Waals surface area (Å²) in [6, 6.07) is 0. The molecule has 2 saturated carbocycles. The Morgan fingerprint density at radius 1 is 1.06 bits per heavy atom. The Morgan fingerprint density at radius 2 is 1.85 bits per heavy atom. The van der Waals surface area contributed by atoms with Crippen molar-refractivity contribution in [3.8, 4) is 0 Å². The number of fused-ring (bicyclic) bond motifs is 4. The molecular formula is C24H27ClO8. The van der Waals surface area contributed by atoms with Crippen LogP contribution in [0.2, 0.25) is 0 Å². The van der Waals surface area contributed by atoms with Gasteiger partial charge in [-0.25, -0.2) is 4.79 Å². The molecular weight excluding hydrogens is 452 g/mol. The van der Waals surface area contributed by atoms with E-state index in [1.165, 1.54) is 0 Å². The van der Waals surface area contributed by atoms with Crippen LogP contribution in [0.15, 0.2) is 11.6 Å². The summed E-state index contributed by atoms with van der Waals surface area (Å²) in [5.41, 5.74) is -2.10. The van der Waals surface area contributed by atoms with Crippen molar-refractivity contribution in [3.63, 3.8) is 0 Å². The maximum atomic E-state index is 13.7. The first kappa shape index (κ1) is 21.6. The lowest BCUT2D eigenvalue weighted by Gasteiger charge is -2.63.